The van der Waals surface area contributed by atoms with E-state index in [1.165, 1.54) is 31.2 Å². The van der Waals surface area contributed by atoms with Gasteiger partial charge >= 0.3 is 5.97 Å². The lowest BCUT2D eigenvalue weighted by Gasteiger charge is -2.15. The second-order valence-corrected chi connectivity index (χ2v) is 7.26. The van der Waals surface area contributed by atoms with Gasteiger partial charge in [0.05, 0.1) is 16.0 Å². The zero-order chi connectivity index (χ0) is 24.2. The van der Waals surface area contributed by atoms with Gasteiger partial charge in [0, 0.05) is 11.5 Å². The van der Waals surface area contributed by atoms with Gasteiger partial charge in [0.15, 0.2) is 11.8 Å². The van der Waals surface area contributed by atoms with Crippen LogP contribution < -0.4 is 10.9 Å². The first kappa shape index (κ1) is 22.3. The Bertz CT molecular complexity index is 1470. The van der Waals surface area contributed by atoms with E-state index in [2.05, 4.69) is 10.4 Å². The van der Waals surface area contributed by atoms with E-state index in [0.29, 0.717) is 5.69 Å². The Labute approximate surface area is 192 Å². The van der Waals surface area contributed by atoms with Crippen LogP contribution in [0, 0.1) is 10.1 Å². The Hall–Kier alpha value is -4.86. The molecule has 0 aliphatic carbocycles. The lowest BCUT2D eigenvalue weighted by atomic mass is 10.1. The van der Waals surface area contributed by atoms with Crippen LogP contribution in [0.2, 0.25) is 0 Å². The van der Waals surface area contributed by atoms with Crippen LogP contribution >= 0.6 is 0 Å². The van der Waals surface area contributed by atoms with Crippen LogP contribution in [0.4, 0.5) is 11.4 Å². The lowest BCUT2D eigenvalue weighted by molar-refractivity contribution is -0.383. The molecule has 1 atom stereocenters. The van der Waals surface area contributed by atoms with Gasteiger partial charge in [-0.15, -0.1) is 0 Å². The van der Waals surface area contributed by atoms with Crippen molar-refractivity contribution < 1.29 is 19.2 Å². The number of carbonyl (C=O) groups is 2. The minimum absolute atomic E-state index is 0.0263. The number of nitrogens with one attached hydrogen (secondary N) is 1. The molecule has 10 heteroatoms. The summed E-state index contributed by atoms with van der Waals surface area (Å²) < 4.78 is 6.41. The highest BCUT2D eigenvalue weighted by Gasteiger charge is 2.25. The standard InChI is InChI=1S/C24H18N4O6/c1-15(22(29)25-19-13-7-8-14-20(19)28(32)33)34-24(31)21-17-11-5-6-12-18(17)23(30)27(26-21)16-9-3-2-4-10-16/h2-15H,1H3,(H,25,29). The van der Waals surface area contributed by atoms with E-state index in [9.17, 15) is 24.5 Å². The fraction of sp³-hybridized carbons (Fsp3) is 0.0833. The van der Waals surface area contributed by atoms with Crippen molar-refractivity contribution in [2.45, 2.75) is 13.0 Å². The topological polar surface area (TPSA) is 133 Å². The van der Waals surface area contributed by atoms with Crippen molar-refractivity contribution in [1.82, 2.24) is 9.78 Å². The van der Waals surface area contributed by atoms with Gasteiger partial charge in [-0.05, 0) is 31.2 Å². The lowest BCUT2D eigenvalue weighted by Crippen LogP contribution is -2.32. The number of nitrogens with zero attached hydrogens (tertiary/aromatic N) is 3. The van der Waals surface area contributed by atoms with Gasteiger partial charge in [-0.25, -0.2) is 4.79 Å². The molecule has 1 aromatic heterocycles. The second kappa shape index (κ2) is 9.33. The van der Waals surface area contributed by atoms with Crippen molar-refractivity contribution in [3.63, 3.8) is 0 Å². The fourth-order valence-corrected chi connectivity index (χ4v) is 3.33. The summed E-state index contributed by atoms with van der Waals surface area (Å²) in [6.07, 6.45) is -1.30. The molecule has 3 aromatic carbocycles. The van der Waals surface area contributed by atoms with Gasteiger partial charge in [0.25, 0.3) is 17.2 Å². The Kier molecular flexibility index (Phi) is 6.13. The highest BCUT2D eigenvalue weighted by atomic mass is 16.6. The number of benzene rings is 3. The first-order valence-electron chi connectivity index (χ1n) is 10.2. The van der Waals surface area contributed by atoms with Crippen molar-refractivity contribution in [2.75, 3.05) is 5.32 Å². The smallest absolute Gasteiger partial charge is 0.360 e. The number of nitro groups is 1. The van der Waals surface area contributed by atoms with Gasteiger partial charge in [0.2, 0.25) is 0 Å². The molecule has 0 saturated carbocycles. The number of rotatable bonds is 6. The molecule has 0 aliphatic rings. The van der Waals surface area contributed by atoms with E-state index in [1.54, 1.807) is 54.6 Å². The molecule has 34 heavy (non-hydrogen) atoms. The number of esters is 1. The first-order chi connectivity index (χ1) is 16.4. The third-order valence-electron chi connectivity index (χ3n) is 5.01. The number of ether oxygens (including phenoxy) is 1. The Morgan fingerprint density at radius 3 is 2.29 bits per heavy atom. The van der Waals surface area contributed by atoms with Crippen molar-refractivity contribution in [3.05, 3.63) is 105 Å². The van der Waals surface area contributed by atoms with Crippen molar-refractivity contribution in [1.29, 1.82) is 0 Å². The molecule has 1 heterocycles. The molecule has 1 amide bonds. The molecule has 0 spiro atoms. The van der Waals surface area contributed by atoms with Gasteiger partial charge in [-0.3, -0.25) is 19.7 Å². The highest BCUT2D eigenvalue weighted by molar-refractivity contribution is 6.04. The van der Waals surface area contributed by atoms with E-state index in [4.69, 9.17) is 4.74 Å². The summed E-state index contributed by atoms with van der Waals surface area (Å²) in [5, 5.41) is 18.3. The van der Waals surface area contributed by atoms with Crippen molar-refractivity contribution in [3.8, 4) is 5.69 Å². The van der Waals surface area contributed by atoms with Gasteiger partial charge in [-0.1, -0.05) is 48.5 Å². The van der Waals surface area contributed by atoms with Crippen LogP contribution in [0.1, 0.15) is 17.4 Å². The van der Waals surface area contributed by atoms with Crippen LogP contribution in [-0.4, -0.2) is 32.7 Å². The third-order valence-corrected chi connectivity index (χ3v) is 5.01. The molecule has 1 N–H and O–H groups in total. The number of fused-ring (bicyclic) bond motifs is 1. The summed E-state index contributed by atoms with van der Waals surface area (Å²) in [5.74, 6) is -1.69. The van der Waals surface area contributed by atoms with E-state index < -0.39 is 28.5 Å². The zero-order valence-electron chi connectivity index (χ0n) is 17.9. The molecule has 0 aliphatic heterocycles. The minimum Gasteiger partial charge on any atom is -0.448 e. The molecule has 10 nitrogen and oxygen atoms in total. The Balaban J connectivity index is 1.64. The van der Waals surface area contributed by atoms with Crippen molar-refractivity contribution >= 4 is 34.0 Å². The number of nitro benzene ring substituents is 1. The van der Waals surface area contributed by atoms with Gasteiger partial charge < -0.3 is 10.1 Å². The average molecular weight is 458 g/mol. The summed E-state index contributed by atoms with van der Waals surface area (Å²) in [5.41, 5.74) is -0.432. The van der Waals surface area contributed by atoms with Gasteiger partial charge in [0.1, 0.15) is 5.69 Å². The number of hydrogen-bond donors (Lipinski definition) is 1. The summed E-state index contributed by atoms with van der Waals surface area (Å²) >= 11 is 0. The zero-order valence-corrected chi connectivity index (χ0v) is 17.9. The number of hydrogen-bond acceptors (Lipinski definition) is 7. The summed E-state index contributed by atoms with van der Waals surface area (Å²) in [6, 6.07) is 20.6. The predicted molar refractivity (Wildman–Crippen MR) is 124 cm³/mol. The number of anilines is 1. The van der Waals surface area contributed by atoms with Gasteiger partial charge in [-0.2, -0.15) is 9.78 Å². The maximum Gasteiger partial charge on any atom is 0.360 e. The molecule has 0 radical (unpaired) electrons. The van der Waals surface area contributed by atoms with E-state index >= 15 is 0 Å². The molecule has 4 rings (SSSR count). The van der Waals surface area contributed by atoms with Crippen LogP contribution in [0.3, 0.4) is 0 Å². The average Bonchev–Trinajstić information content (AvgIpc) is 2.85. The summed E-state index contributed by atoms with van der Waals surface area (Å²) in [6.45, 7) is 1.33. The summed E-state index contributed by atoms with van der Waals surface area (Å²) in [4.78, 5) is 49.1. The van der Waals surface area contributed by atoms with Crippen LogP contribution in [-0.2, 0) is 9.53 Å². The molecule has 0 saturated heterocycles. The van der Waals surface area contributed by atoms with E-state index in [-0.39, 0.29) is 27.8 Å². The van der Waals surface area contributed by atoms with Crippen LogP contribution in [0.5, 0.6) is 0 Å². The summed E-state index contributed by atoms with van der Waals surface area (Å²) in [7, 11) is 0. The SMILES string of the molecule is CC(OC(=O)c1nn(-c2ccccc2)c(=O)c2ccccc12)C(=O)Nc1ccccc1[N+](=O)[O-]. The normalized spacial score (nSPS) is 11.6. The number of carbonyl (C=O) groups excluding carboxylic acids is 2. The monoisotopic (exact) mass is 458 g/mol. The van der Waals surface area contributed by atoms with Crippen molar-refractivity contribution in [2.24, 2.45) is 0 Å². The molecule has 1 unspecified atom stereocenters. The quantitative estimate of drug-likeness (QED) is 0.266. The fourth-order valence-electron chi connectivity index (χ4n) is 3.33. The molecule has 4 aromatic rings. The van der Waals surface area contributed by atoms with Crippen LogP contribution in [0.15, 0.2) is 83.7 Å². The number of amides is 1. The predicted octanol–water partition coefficient (Wildman–Crippen LogP) is 3.48. The number of aromatic nitrogens is 2. The molecule has 170 valence electrons. The molecular formula is C24H18N4O6. The molecule has 0 bridgehead atoms. The van der Waals surface area contributed by atoms with Crippen LogP contribution in [0.25, 0.3) is 16.5 Å². The third kappa shape index (κ3) is 4.37. The second-order valence-electron chi connectivity index (χ2n) is 7.26. The first-order valence-corrected chi connectivity index (χ1v) is 10.2. The Morgan fingerprint density at radius 1 is 0.971 bits per heavy atom. The van der Waals surface area contributed by atoms with E-state index in [0.717, 1.165) is 4.68 Å². The Morgan fingerprint density at radius 2 is 1.59 bits per heavy atom. The molecule has 0 fully saturated rings. The molecular weight excluding hydrogens is 440 g/mol. The minimum atomic E-state index is -1.30. The largest absolute Gasteiger partial charge is 0.448 e. The maximum atomic E-state index is 13.0. The maximum absolute atomic E-state index is 13.0. The highest BCUT2D eigenvalue weighted by Crippen LogP contribution is 2.23. The number of para-hydroxylation sites is 3. The van der Waals surface area contributed by atoms with E-state index in [1.807, 2.05) is 0 Å².